The third-order valence-corrected chi connectivity index (χ3v) is 2.51. The normalized spacial score (nSPS) is 20.7. The van der Waals surface area contributed by atoms with Crippen molar-refractivity contribution in [2.24, 2.45) is 0 Å². The first kappa shape index (κ1) is 13.7. The third-order valence-electron chi connectivity index (χ3n) is 2.51. The van der Waals surface area contributed by atoms with Gasteiger partial charge in [0.1, 0.15) is 11.5 Å². The third kappa shape index (κ3) is 4.21. The number of nitrogens with zero attached hydrogens (tertiary/aromatic N) is 1. The van der Waals surface area contributed by atoms with Crippen LogP contribution in [0.25, 0.3) is 0 Å². The summed E-state index contributed by atoms with van der Waals surface area (Å²) in [6, 6.07) is -0.117. The van der Waals surface area contributed by atoms with Gasteiger partial charge in [-0.2, -0.15) is 0 Å². The molecule has 0 aromatic rings. The molecule has 1 heterocycles. The number of nitrogens with one attached hydrogen (secondary N) is 1. The topological polar surface area (TPSA) is 58.6 Å². The van der Waals surface area contributed by atoms with Gasteiger partial charge in [0.05, 0.1) is 6.04 Å². The summed E-state index contributed by atoms with van der Waals surface area (Å²) in [6.45, 7) is 8.92. The van der Waals surface area contributed by atoms with E-state index in [9.17, 15) is 9.59 Å². The molecule has 0 radical (unpaired) electrons. The maximum absolute atomic E-state index is 11.8. The van der Waals surface area contributed by atoms with Crippen LogP contribution in [0.5, 0.6) is 0 Å². The number of amides is 1. The summed E-state index contributed by atoms with van der Waals surface area (Å²) in [5.41, 5.74) is 0.0887. The molecule has 0 saturated carbocycles. The number of hydrogen-bond donors (Lipinski definition) is 1. The Hall–Kier alpha value is -1.32. The molecule has 96 valence electrons. The minimum absolute atomic E-state index is 0.117. The predicted molar refractivity (Wildman–Crippen MR) is 64.5 cm³/mol. The molecule has 1 fully saturated rings. The van der Waals surface area contributed by atoms with Gasteiger partial charge in [0.15, 0.2) is 0 Å². The maximum Gasteiger partial charge on any atom is 0.410 e. The second-order valence-electron chi connectivity index (χ2n) is 5.22. The summed E-state index contributed by atoms with van der Waals surface area (Å²) in [5, 5.41) is 3.17. The highest BCUT2D eigenvalue weighted by atomic mass is 16.6. The zero-order valence-corrected chi connectivity index (χ0v) is 10.9. The van der Waals surface area contributed by atoms with Crippen molar-refractivity contribution in [3.63, 3.8) is 0 Å². The van der Waals surface area contributed by atoms with Crippen LogP contribution in [0.3, 0.4) is 0 Å². The first-order chi connectivity index (χ1) is 7.83. The molecular formula is C12H20N2O3. The van der Waals surface area contributed by atoms with Crippen LogP contribution in [0.15, 0.2) is 5.57 Å². The Morgan fingerprint density at radius 2 is 2.12 bits per heavy atom. The van der Waals surface area contributed by atoms with Crippen LogP contribution in [-0.4, -0.2) is 48.2 Å². The van der Waals surface area contributed by atoms with E-state index in [0.29, 0.717) is 25.2 Å². The number of carbonyl (C=O) groups is 1. The summed E-state index contributed by atoms with van der Waals surface area (Å²) >= 11 is 0. The smallest absolute Gasteiger partial charge is 0.410 e. The number of piperazine rings is 1. The lowest BCUT2D eigenvalue weighted by Crippen LogP contribution is -2.54. The quantitative estimate of drug-likeness (QED) is 0.694. The van der Waals surface area contributed by atoms with Crippen molar-refractivity contribution >= 4 is 12.0 Å². The lowest BCUT2D eigenvalue weighted by atomic mass is 10.1. The summed E-state index contributed by atoms with van der Waals surface area (Å²) in [4.78, 5) is 24.0. The SMILES string of the molecule is CC(=C=O)[C@H]1CN(C(=O)OC(C)(C)C)CCN1. The van der Waals surface area contributed by atoms with Gasteiger partial charge in [-0.15, -0.1) is 0 Å². The zero-order chi connectivity index (χ0) is 13.1. The number of rotatable bonds is 1. The van der Waals surface area contributed by atoms with Crippen LogP contribution in [-0.2, 0) is 9.53 Å². The molecule has 1 amide bonds. The number of hydrogen-bond acceptors (Lipinski definition) is 4. The molecule has 17 heavy (non-hydrogen) atoms. The van der Waals surface area contributed by atoms with E-state index < -0.39 is 5.60 Å². The van der Waals surface area contributed by atoms with Crippen LogP contribution in [0.2, 0.25) is 0 Å². The van der Waals surface area contributed by atoms with E-state index in [-0.39, 0.29) is 12.1 Å². The molecule has 5 heteroatoms. The first-order valence-electron chi connectivity index (χ1n) is 5.76. The molecule has 1 aliphatic rings. The van der Waals surface area contributed by atoms with Crippen LogP contribution >= 0.6 is 0 Å². The van der Waals surface area contributed by atoms with E-state index >= 15 is 0 Å². The monoisotopic (exact) mass is 240 g/mol. The molecule has 1 atom stereocenters. The lowest BCUT2D eigenvalue weighted by Gasteiger charge is -2.34. The van der Waals surface area contributed by atoms with E-state index in [1.807, 2.05) is 26.7 Å². The summed E-state index contributed by atoms with van der Waals surface area (Å²) in [7, 11) is 0. The van der Waals surface area contributed by atoms with E-state index in [2.05, 4.69) is 5.32 Å². The van der Waals surface area contributed by atoms with Gasteiger partial charge in [-0.3, -0.25) is 0 Å². The number of ether oxygens (including phenoxy) is 1. The van der Waals surface area contributed by atoms with Gasteiger partial charge in [-0.05, 0) is 27.7 Å². The first-order valence-corrected chi connectivity index (χ1v) is 5.76. The molecule has 0 aliphatic carbocycles. The fourth-order valence-electron chi connectivity index (χ4n) is 1.60. The Labute approximate surface area is 102 Å². The summed E-state index contributed by atoms with van der Waals surface area (Å²) in [6.07, 6.45) is -0.331. The van der Waals surface area contributed by atoms with Gasteiger partial charge in [0, 0.05) is 25.2 Å². The van der Waals surface area contributed by atoms with E-state index in [1.54, 1.807) is 11.8 Å². The van der Waals surface area contributed by atoms with Crippen LogP contribution < -0.4 is 5.32 Å². The van der Waals surface area contributed by atoms with Crippen LogP contribution in [0.1, 0.15) is 27.7 Å². The van der Waals surface area contributed by atoms with Gasteiger partial charge in [-0.1, -0.05) is 0 Å². The molecular weight excluding hydrogens is 220 g/mol. The van der Waals surface area contributed by atoms with Gasteiger partial charge in [0.25, 0.3) is 0 Å². The maximum atomic E-state index is 11.8. The molecule has 0 aromatic heterocycles. The van der Waals surface area contributed by atoms with Gasteiger partial charge < -0.3 is 15.0 Å². The number of carbonyl (C=O) groups excluding carboxylic acids is 2. The average molecular weight is 240 g/mol. The van der Waals surface area contributed by atoms with Crippen molar-refractivity contribution in [1.29, 1.82) is 0 Å². The molecule has 0 aromatic carbocycles. The summed E-state index contributed by atoms with van der Waals surface area (Å²) < 4.78 is 5.29. The van der Waals surface area contributed by atoms with Crippen molar-refractivity contribution in [1.82, 2.24) is 10.2 Å². The minimum Gasteiger partial charge on any atom is -0.444 e. The van der Waals surface area contributed by atoms with E-state index in [1.165, 1.54) is 0 Å². The Bertz CT molecular complexity index is 340. The second kappa shape index (κ2) is 5.34. The van der Waals surface area contributed by atoms with Crippen LogP contribution in [0.4, 0.5) is 4.79 Å². The second-order valence-corrected chi connectivity index (χ2v) is 5.22. The van der Waals surface area contributed by atoms with Gasteiger partial charge in [-0.25, -0.2) is 9.59 Å². The Morgan fingerprint density at radius 1 is 1.47 bits per heavy atom. The van der Waals surface area contributed by atoms with Crippen molar-refractivity contribution in [3.8, 4) is 0 Å². The van der Waals surface area contributed by atoms with E-state index in [0.717, 1.165) is 0 Å². The standard InChI is InChI=1S/C12H20N2O3/c1-9(8-15)10-7-14(6-5-13-10)11(16)17-12(2,3)4/h10,13H,5-7H2,1-4H3/t10-/m1/s1. The highest BCUT2D eigenvalue weighted by molar-refractivity contribution is 5.68. The fourth-order valence-corrected chi connectivity index (χ4v) is 1.60. The minimum atomic E-state index is -0.493. The molecule has 0 spiro atoms. The fraction of sp³-hybridized carbons (Fsp3) is 0.750. The van der Waals surface area contributed by atoms with Gasteiger partial charge >= 0.3 is 6.09 Å². The van der Waals surface area contributed by atoms with Crippen molar-refractivity contribution in [2.75, 3.05) is 19.6 Å². The molecule has 1 aliphatic heterocycles. The molecule has 1 rings (SSSR count). The highest BCUT2D eigenvalue weighted by Gasteiger charge is 2.28. The van der Waals surface area contributed by atoms with Crippen LogP contribution in [0, 0.1) is 0 Å². The van der Waals surface area contributed by atoms with Crippen molar-refractivity contribution < 1.29 is 14.3 Å². The van der Waals surface area contributed by atoms with E-state index in [4.69, 9.17) is 4.74 Å². The Balaban J connectivity index is 2.61. The zero-order valence-electron chi connectivity index (χ0n) is 10.9. The van der Waals surface area contributed by atoms with Crippen molar-refractivity contribution in [2.45, 2.75) is 39.3 Å². The Kier molecular flexibility index (Phi) is 4.32. The Morgan fingerprint density at radius 3 is 2.65 bits per heavy atom. The predicted octanol–water partition coefficient (Wildman–Crippen LogP) is 0.973. The lowest BCUT2D eigenvalue weighted by molar-refractivity contribution is 0.0207. The molecule has 0 bridgehead atoms. The largest absolute Gasteiger partial charge is 0.444 e. The highest BCUT2D eigenvalue weighted by Crippen LogP contribution is 2.12. The average Bonchev–Trinajstić information content (AvgIpc) is 2.26. The summed E-state index contributed by atoms with van der Waals surface area (Å²) in [5.74, 6) is 1.87. The van der Waals surface area contributed by atoms with Gasteiger partial charge in [0.2, 0.25) is 0 Å². The molecule has 1 saturated heterocycles. The molecule has 0 unspecified atom stereocenters. The molecule has 5 nitrogen and oxygen atoms in total. The van der Waals surface area contributed by atoms with Crippen molar-refractivity contribution in [3.05, 3.63) is 5.57 Å². The molecule has 1 N–H and O–H groups in total.